The second kappa shape index (κ2) is 4.78. The zero-order valence-electron chi connectivity index (χ0n) is 9.70. The van der Waals surface area contributed by atoms with E-state index in [2.05, 4.69) is 9.97 Å². The molecule has 0 aromatic carbocycles. The number of H-pyrrole nitrogens is 1. The molecule has 4 nitrogen and oxygen atoms in total. The Hall–Kier alpha value is -1.16. The molecule has 0 spiro atoms. The minimum atomic E-state index is -0.0385. The summed E-state index contributed by atoms with van der Waals surface area (Å²) in [5.74, 6) is 1.83. The second-order valence-electron chi connectivity index (χ2n) is 4.71. The van der Waals surface area contributed by atoms with Gasteiger partial charge in [-0.2, -0.15) is 0 Å². The van der Waals surface area contributed by atoms with Crippen molar-refractivity contribution in [1.29, 1.82) is 0 Å². The van der Waals surface area contributed by atoms with Crippen LogP contribution in [0.1, 0.15) is 43.1 Å². The standard InChI is InChI=1S/C12H19N3O/c1-8-14-11(6-12(16)15-8)10-4-2-9(7-13)3-5-10/h6,9-10H,2-5,7,13H2,1H3,(H,14,15,16). The molecular weight excluding hydrogens is 202 g/mol. The normalized spacial score (nSPS) is 25.6. The van der Waals surface area contributed by atoms with Crippen molar-refractivity contribution >= 4 is 0 Å². The lowest BCUT2D eigenvalue weighted by Gasteiger charge is -2.27. The third-order valence-corrected chi connectivity index (χ3v) is 3.48. The summed E-state index contributed by atoms with van der Waals surface area (Å²) in [4.78, 5) is 18.5. The van der Waals surface area contributed by atoms with E-state index in [0.29, 0.717) is 17.7 Å². The first-order chi connectivity index (χ1) is 7.69. The number of aryl methyl sites for hydroxylation is 1. The molecule has 2 rings (SSSR count). The van der Waals surface area contributed by atoms with Crippen LogP contribution in [-0.4, -0.2) is 16.5 Å². The smallest absolute Gasteiger partial charge is 0.251 e. The number of aromatic amines is 1. The zero-order chi connectivity index (χ0) is 11.5. The molecule has 0 radical (unpaired) electrons. The summed E-state index contributed by atoms with van der Waals surface area (Å²) < 4.78 is 0. The maximum absolute atomic E-state index is 11.4. The molecule has 1 aliphatic rings. The van der Waals surface area contributed by atoms with Crippen molar-refractivity contribution in [3.63, 3.8) is 0 Å². The fourth-order valence-electron chi connectivity index (χ4n) is 2.51. The van der Waals surface area contributed by atoms with Crippen LogP contribution < -0.4 is 11.3 Å². The van der Waals surface area contributed by atoms with Crippen LogP contribution in [0.25, 0.3) is 0 Å². The van der Waals surface area contributed by atoms with Crippen LogP contribution in [0.15, 0.2) is 10.9 Å². The third-order valence-electron chi connectivity index (χ3n) is 3.48. The fourth-order valence-corrected chi connectivity index (χ4v) is 2.51. The molecule has 1 aromatic heterocycles. The van der Waals surface area contributed by atoms with E-state index >= 15 is 0 Å². The summed E-state index contributed by atoms with van der Waals surface area (Å²) in [5, 5.41) is 0. The fraction of sp³-hybridized carbons (Fsp3) is 0.667. The Kier molecular flexibility index (Phi) is 3.39. The molecule has 0 bridgehead atoms. The molecular formula is C12H19N3O. The predicted molar refractivity (Wildman–Crippen MR) is 63.3 cm³/mol. The molecule has 0 saturated heterocycles. The average Bonchev–Trinajstić information content (AvgIpc) is 2.28. The Morgan fingerprint density at radius 3 is 2.69 bits per heavy atom. The summed E-state index contributed by atoms with van der Waals surface area (Å²) >= 11 is 0. The van der Waals surface area contributed by atoms with Gasteiger partial charge in [-0.1, -0.05) is 0 Å². The van der Waals surface area contributed by atoms with E-state index in [0.717, 1.165) is 37.9 Å². The zero-order valence-corrected chi connectivity index (χ0v) is 9.70. The molecule has 1 aromatic rings. The molecule has 0 amide bonds. The molecule has 1 fully saturated rings. The van der Waals surface area contributed by atoms with Gasteiger partial charge in [0.25, 0.3) is 5.56 Å². The van der Waals surface area contributed by atoms with Gasteiger partial charge >= 0.3 is 0 Å². The van der Waals surface area contributed by atoms with E-state index < -0.39 is 0 Å². The minimum Gasteiger partial charge on any atom is -0.330 e. The summed E-state index contributed by atoms with van der Waals surface area (Å²) in [5.41, 5.74) is 6.58. The predicted octanol–water partition coefficient (Wildman–Crippen LogP) is 1.31. The van der Waals surface area contributed by atoms with Crippen LogP contribution in [0.5, 0.6) is 0 Å². The number of hydrogen-bond acceptors (Lipinski definition) is 3. The molecule has 1 heterocycles. The summed E-state index contributed by atoms with van der Waals surface area (Å²) in [6, 6.07) is 1.64. The minimum absolute atomic E-state index is 0.0385. The maximum atomic E-state index is 11.4. The monoisotopic (exact) mass is 221 g/mol. The van der Waals surface area contributed by atoms with E-state index in [1.54, 1.807) is 6.07 Å². The van der Waals surface area contributed by atoms with Crippen molar-refractivity contribution in [2.75, 3.05) is 6.54 Å². The van der Waals surface area contributed by atoms with E-state index in [-0.39, 0.29) is 5.56 Å². The third kappa shape index (κ3) is 2.50. The first-order valence-corrected chi connectivity index (χ1v) is 5.97. The van der Waals surface area contributed by atoms with Crippen LogP contribution >= 0.6 is 0 Å². The first-order valence-electron chi connectivity index (χ1n) is 5.97. The highest BCUT2D eigenvalue weighted by molar-refractivity contribution is 5.09. The number of hydrogen-bond donors (Lipinski definition) is 2. The highest BCUT2D eigenvalue weighted by Crippen LogP contribution is 2.33. The number of nitrogens with two attached hydrogens (primary N) is 1. The van der Waals surface area contributed by atoms with E-state index in [1.807, 2.05) is 6.92 Å². The molecule has 16 heavy (non-hydrogen) atoms. The summed E-state index contributed by atoms with van der Waals surface area (Å²) in [6.07, 6.45) is 4.54. The van der Waals surface area contributed by atoms with Crippen molar-refractivity contribution in [1.82, 2.24) is 9.97 Å². The number of aromatic nitrogens is 2. The molecule has 3 N–H and O–H groups in total. The van der Waals surface area contributed by atoms with Crippen molar-refractivity contribution in [2.45, 2.75) is 38.5 Å². The van der Waals surface area contributed by atoms with Crippen LogP contribution in [0.2, 0.25) is 0 Å². The molecule has 88 valence electrons. The van der Waals surface area contributed by atoms with Gasteiger partial charge in [0.05, 0.1) is 5.69 Å². The molecule has 1 saturated carbocycles. The highest BCUT2D eigenvalue weighted by atomic mass is 16.1. The van der Waals surface area contributed by atoms with Crippen molar-refractivity contribution < 1.29 is 0 Å². The number of nitrogens with zero attached hydrogens (tertiary/aromatic N) is 1. The lowest BCUT2D eigenvalue weighted by atomic mass is 9.80. The Bertz CT molecular complexity index is 405. The molecule has 0 unspecified atom stereocenters. The van der Waals surface area contributed by atoms with Crippen LogP contribution in [0, 0.1) is 12.8 Å². The van der Waals surface area contributed by atoms with Gasteiger partial charge in [-0.3, -0.25) is 4.79 Å². The van der Waals surface area contributed by atoms with Gasteiger partial charge in [0.2, 0.25) is 0 Å². The topological polar surface area (TPSA) is 71.8 Å². The lowest BCUT2D eigenvalue weighted by molar-refractivity contribution is 0.329. The van der Waals surface area contributed by atoms with E-state index in [4.69, 9.17) is 5.73 Å². The van der Waals surface area contributed by atoms with Gasteiger partial charge in [-0.05, 0) is 45.1 Å². The summed E-state index contributed by atoms with van der Waals surface area (Å²) in [7, 11) is 0. The van der Waals surface area contributed by atoms with E-state index in [1.165, 1.54) is 0 Å². The quantitative estimate of drug-likeness (QED) is 0.791. The van der Waals surface area contributed by atoms with Crippen LogP contribution in [-0.2, 0) is 0 Å². The van der Waals surface area contributed by atoms with E-state index in [9.17, 15) is 4.79 Å². The second-order valence-corrected chi connectivity index (χ2v) is 4.71. The van der Waals surface area contributed by atoms with Crippen molar-refractivity contribution in [3.05, 3.63) is 27.9 Å². The van der Waals surface area contributed by atoms with Gasteiger partial charge in [-0.15, -0.1) is 0 Å². The number of nitrogens with one attached hydrogen (secondary N) is 1. The average molecular weight is 221 g/mol. The highest BCUT2D eigenvalue weighted by Gasteiger charge is 2.22. The van der Waals surface area contributed by atoms with Gasteiger partial charge in [0.1, 0.15) is 5.82 Å². The van der Waals surface area contributed by atoms with Crippen molar-refractivity contribution in [2.24, 2.45) is 11.7 Å². The van der Waals surface area contributed by atoms with Crippen LogP contribution in [0.4, 0.5) is 0 Å². The lowest BCUT2D eigenvalue weighted by Crippen LogP contribution is -2.22. The largest absolute Gasteiger partial charge is 0.330 e. The molecule has 0 atom stereocenters. The van der Waals surface area contributed by atoms with Crippen molar-refractivity contribution in [3.8, 4) is 0 Å². The Labute approximate surface area is 95.3 Å². The van der Waals surface area contributed by atoms with Gasteiger partial charge in [0.15, 0.2) is 0 Å². The molecule has 1 aliphatic carbocycles. The molecule has 0 aliphatic heterocycles. The first kappa shape index (κ1) is 11.3. The van der Waals surface area contributed by atoms with Gasteiger partial charge < -0.3 is 10.7 Å². The van der Waals surface area contributed by atoms with Gasteiger partial charge in [-0.25, -0.2) is 4.98 Å². The maximum Gasteiger partial charge on any atom is 0.251 e. The Balaban J connectivity index is 2.11. The molecule has 4 heteroatoms. The SMILES string of the molecule is Cc1nc(C2CCC(CN)CC2)cc(=O)[nH]1. The van der Waals surface area contributed by atoms with Crippen LogP contribution in [0.3, 0.4) is 0 Å². The van der Waals surface area contributed by atoms with Gasteiger partial charge in [0, 0.05) is 12.0 Å². The number of rotatable bonds is 2. The summed E-state index contributed by atoms with van der Waals surface area (Å²) in [6.45, 7) is 2.62. The Morgan fingerprint density at radius 1 is 1.44 bits per heavy atom. The Morgan fingerprint density at radius 2 is 2.12 bits per heavy atom.